The van der Waals surface area contributed by atoms with Gasteiger partial charge in [-0.25, -0.2) is 0 Å². The number of unbranched alkanes of at least 4 members (excludes halogenated alkanes) is 42. The zero-order valence-electron chi connectivity index (χ0n) is 60.1. The summed E-state index contributed by atoms with van der Waals surface area (Å²) in [6, 6.07) is -0.993. The number of allylic oxidation sites excluding steroid dienone is 5. The molecular formula is C77H143NO18. The number of ether oxygens (including phenoxy) is 6. The second-order valence-corrected chi connectivity index (χ2v) is 28.1. The van der Waals surface area contributed by atoms with E-state index >= 15 is 0 Å². The molecule has 0 aromatic carbocycles. The van der Waals surface area contributed by atoms with Crippen LogP contribution in [0.25, 0.3) is 0 Å². The van der Waals surface area contributed by atoms with Gasteiger partial charge in [-0.2, -0.15) is 0 Å². The number of hydrogen-bond donors (Lipinski definition) is 12. The van der Waals surface area contributed by atoms with Crippen LogP contribution in [0.4, 0.5) is 0 Å². The maximum Gasteiger partial charge on any atom is 0.220 e. The highest BCUT2D eigenvalue weighted by Gasteiger charge is 2.53. The van der Waals surface area contributed by atoms with Crippen LogP contribution in [0.15, 0.2) is 36.5 Å². The van der Waals surface area contributed by atoms with Crippen molar-refractivity contribution in [1.82, 2.24) is 5.32 Å². The van der Waals surface area contributed by atoms with Gasteiger partial charge in [0.05, 0.1) is 38.6 Å². The van der Waals surface area contributed by atoms with Crippen LogP contribution in [0.3, 0.4) is 0 Å². The molecule has 0 spiro atoms. The van der Waals surface area contributed by atoms with Crippen molar-refractivity contribution in [2.45, 2.75) is 420 Å². The molecule has 96 heavy (non-hydrogen) atoms. The zero-order valence-corrected chi connectivity index (χ0v) is 60.1. The summed E-state index contributed by atoms with van der Waals surface area (Å²) in [6.07, 6.45) is 45.1. The van der Waals surface area contributed by atoms with Crippen LogP contribution in [0.1, 0.15) is 316 Å². The van der Waals surface area contributed by atoms with Gasteiger partial charge in [0.25, 0.3) is 0 Å². The molecular weight excluding hydrogens is 1230 g/mol. The Balaban J connectivity index is 1.24. The Hall–Kier alpha value is -1.99. The summed E-state index contributed by atoms with van der Waals surface area (Å²) in [5.41, 5.74) is 0. The Morgan fingerprint density at radius 3 is 1.03 bits per heavy atom. The first kappa shape index (κ1) is 88.2. The van der Waals surface area contributed by atoms with E-state index in [1.807, 2.05) is 6.08 Å². The van der Waals surface area contributed by atoms with Gasteiger partial charge in [0.1, 0.15) is 73.2 Å². The van der Waals surface area contributed by atoms with Crippen LogP contribution in [-0.2, 0) is 33.2 Å². The molecule has 1 amide bonds. The minimum atomic E-state index is -1.98. The summed E-state index contributed by atoms with van der Waals surface area (Å²) in [4.78, 5) is 13.4. The predicted octanol–water partition coefficient (Wildman–Crippen LogP) is 12.3. The second-order valence-electron chi connectivity index (χ2n) is 28.1. The van der Waals surface area contributed by atoms with Gasteiger partial charge in [0.15, 0.2) is 18.9 Å². The van der Waals surface area contributed by atoms with Crippen LogP contribution in [-0.4, -0.2) is 193 Å². The lowest BCUT2D eigenvalue weighted by Crippen LogP contribution is -2.66. The van der Waals surface area contributed by atoms with Crippen LogP contribution in [0.5, 0.6) is 0 Å². The van der Waals surface area contributed by atoms with E-state index in [2.05, 4.69) is 43.5 Å². The van der Waals surface area contributed by atoms with Crippen molar-refractivity contribution in [2.75, 3.05) is 26.4 Å². The minimum Gasteiger partial charge on any atom is -0.394 e. The molecule has 19 heteroatoms. The average Bonchev–Trinajstić information content (AvgIpc) is 0.802. The molecule has 17 atom stereocenters. The van der Waals surface area contributed by atoms with Gasteiger partial charge < -0.3 is 89.9 Å². The number of nitrogens with one attached hydrogen (secondary N) is 1. The quantitative estimate of drug-likeness (QED) is 0.0199. The lowest BCUT2D eigenvalue weighted by molar-refractivity contribution is -0.379. The van der Waals surface area contributed by atoms with Gasteiger partial charge in [-0.3, -0.25) is 4.79 Å². The molecule has 19 nitrogen and oxygen atoms in total. The lowest BCUT2D eigenvalue weighted by Gasteiger charge is -2.48. The van der Waals surface area contributed by atoms with Gasteiger partial charge in [0.2, 0.25) is 5.91 Å². The molecule has 3 aliphatic heterocycles. The number of carbonyl (C=O) groups is 1. The van der Waals surface area contributed by atoms with E-state index in [1.165, 1.54) is 238 Å². The Morgan fingerprint density at radius 2 is 0.677 bits per heavy atom. The first-order valence-electron chi connectivity index (χ1n) is 39.2. The van der Waals surface area contributed by atoms with Crippen molar-refractivity contribution >= 4 is 5.91 Å². The minimum absolute atomic E-state index is 0.235. The fraction of sp³-hybridized carbons (Fsp3) is 0.909. The third kappa shape index (κ3) is 38.9. The largest absolute Gasteiger partial charge is 0.394 e. The third-order valence-electron chi connectivity index (χ3n) is 19.7. The summed E-state index contributed by atoms with van der Waals surface area (Å²) >= 11 is 0. The smallest absolute Gasteiger partial charge is 0.220 e. The molecule has 0 saturated carbocycles. The van der Waals surface area contributed by atoms with Crippen molar-refractivity contribution in [1.29, 1.82) is 0 Å². The zero-order chi connectivity index (χ0) is 69.6. The summed E-state index contributed by atoms with van der Waals surface area (Å²) in [5, 5.41) is 120. The topological polar surface area (TPSA) is 307 Å². The van der Waals surface area contributed by atoms with E-state index in [0.717, 1.165) is 44.9 Å². The summed E-state index contributed by atoms with van der Waals surface area (Å²) in [7, 11) is 0. The third-order valence-corrected chi connectivity index (χ3v) is 19.7. The summed E-state index contributed by atoms with van der Waals surface area (Å²) in [6.45, 7) is 1.60. The van der Waals surface area contributed by atoms with E-state index in [4.69, 9.17) is 28.4 Å². The Morgan fingerprint density at radius 1 is 0.375 bits per heavy atom. The van der Waals surface area contributed by atoms with Crippen molar-refractivity contribution in [3.8, 4) is 0 Å². The molecule has 0 aromatic rings. The molecule has 0 radical (unpaired) electrons. The first-order valence-corrected chi connectivity index (χ1v) is 39.2. The van der Waals surface area contributed by atoms with Crippen LogP contribution < -0.4 is 5.32 Å². The summed E-state index contributed by atoms with van der Waals surface area (Å²) < 4.78 is 34.3. The second kappa shape index (κ2) is 58.5. The van der Waals surface area contributed by atoms with Crippen molar-refractivity contribution < 1.29 is 89.4 Å². The van der Waals surface area contributed by atoms with E-state index < -0.39 is 124 Å². The highest BCUT2D eigenvalue weighted by Crippen LogP contribution is 2.33. The molecule has 0 aliphatic carbocycles. The van der Waals surface area contributed by atoms with Gasteiger partial charge in [-0.15, -0.1) is 0 Å². The lowest BCUT2D eigenvalue weighted by atomic mass is 9.96. The monoisotopic (exact) mass is 1370 g/mol. The molecule has 3 rings (SSSR count). The van der Waals surface area contributed by atoms with Crippen LogP contribution in [0.2, 0.25) is 0 Å². The van der Waals surface area contributed by atoms with E-state index in [0.29, 0.717) is 12.8 Å². The van der Waals surface area contributed by atoms with Gasteiger partial charge in [-0.05, 0) is 38.5 Å². The van der Waals surface area contributed by atoms with Crippen molar-refractivity contribution in [3.63, 3.8) is 0 Å². The van der Waals surface area contributed by atoms with Crippen LogP contribution in [0, 0.1) is 0 Å². The summed E-state index contributed by atoms with van der Waals surface area (Å²) in [5.74, 6) is -0.287. The Kier molecular flexibility index (Phi) is 53.8. The Bertz CT molecular complexity index is 1880. The molecule has 17 unspecified atom stereocenters. The SMILES string of the molecule is CC/C=C/CC/C=C/CC/C=C/C(O)C(COC1OC(CO)C(OC2OC(CO)C(OC3OC(CO)C(O)C(O)C3O)C(O)C2O)C(O)C1O)NC(=O)CCCCCCCCCCCCCCCCCCCCCCCCCCCCCCCCCCCCCCCCCCC. The number of rotatable bonds is 62. The fourth-order valence-electron chi connectivity index (χ4n) is 13.4. The standard InChI is InChI=1S/C77H143NO18/c1-3-5-7-9-11-13-15-16-17-18-19-20-21-22-23-24-25-26-27-28-29-30-31-32-33-34-35-36-37-38-39-40-41-42-43-44-45-47-49-51-53-55-65(83)78-60(61(82)54-52-50-48-46-14-12-10-8-6-4-2)59-91-75-71(89)68(86)73(63(57-80)93-75)96-77-72(90)69(87)74(64(58-81)94-77)95-76-70(88)67(85)66(84)62(56-79)92-76/h6,8,14,46,52,54,60-64,66-77,79-82,84-90H,3-5,7,9-13,15-45,47-51,53,55-59H2,1-2H3,(H,78,83)/b8-6+,46-14+,54-52+. The normalized spacial score (nSPS) is 27.2. The van der Waals surface area contributed by atoms with E-state index in [-0.39, 0.29) is 18.9 Å². The maximum atomic E-state index is 13.4. The molecule has 3 aliphatic rings. The molecule has 3 heterocycles. The fourth-order valence-corrected chi connectivity index (χ4v) is 13.4. The number of amides is 1. The van der Waals surface area contributed by atoms with Gasteiger partial charge >= 0.3 is 0 Å². The molecule has 3 fully saturated rings. The first-order chi connectivity index (χ1) is 46.8. The van der Waals surface area contributed by atoms with E-state index in [1.54, 1.807) is 6.08 Å². The Labute approximate surface area is 581 Å². The number of aliphatic hydroxyl groups is 11. The highest BCUT2D eigenvalue weighted by molar-refractivity contribution is 5.76. The number of hydrogen-bond acceptors (Lipinski definition) is 18. The van der Waals surface area contributed by atoms with Gasteiger partial charge in [0, 0.05) is 6.42 Å². The predicted molar refractivity (Wildman–Crippen MR) is 379 cm³/mol. The molecule has 0 aromatic heterocycles. The van der Waals surface area contributed by atoms with E-state index in [9.17, 15) is 61.0 Å². The molecule has 564 valence electrons. The van der Waals surface area contributed by atoms with Crippen molar-refractivity contribution in [3.05, 3.63) is 36.5 Å². The molecule has 12 N–H and O–H groups in total. The van der Waals surface area contributed by atoms with Crippen molar-refractivity contribution in [2.24, 2.45) is 0 Å². The molecule has 0 bridgehead atoms. The average molecular weight is 1370 g/mol. The maximum absolute atomic E-state index is 13.4. The van der Waals surface area contributed by atoms with Gasteiger partial charge in [-0.1, -0.05) is 307 Å². The highest BCUT2D eigenvalue weighted by atomic mass is 16.8. The molecule has 3 saturated heterocycles. The van der Waals surface area contributed by atoms with Crippen LogP contribution >= 0.6 is 0 Å². The number of aliphatic hydroxyl groups excluding tert-OH is 11. The number of carbonyl (C=O) groups excluding carboxylic acids is 1.